The van der Waals surface area contributed by atoms with Crippen LogP contribution in [0.1, 0.15) is 65.7 Å². The van der Waals surface area contributed by atoms with Gasteiger partial charge < -0.3 is 19.3 Å². The molecule has 22 heavy (non-hydrogen) atoms. The standard InChI is InChI=1S/C16H30O6/c1-4-7-10-20-16(21-11-8-5-2,22-12-9-6-3)14(17)13-15(18)19/h4-13H2,1-3H3,(H,18,19). The molecule has 0 aliphatic rings. The first kappa shape index (κ1) is 21.0. The molecule has 0 saturated heterocycles. The molecule has 0 aliphatic carbocycles. The van der Waals surface area contributed by atoms with Crippen molar-refractivity contribution in [3.8, 4) is 0 Å². The minimum atomic E-state index is -1.88. The van der Waals surface area contributed by atoms with Crippen LogP contribution in [-0.4, -0.2) is 42.7 Å². The van der Waals surface area contributed by atoms with E-state index in [2.05, 4.69) is 0 Å². The van der Waals surface area contributed by atoms with E-state index in [0.29, 0.717) is 19.8 Å². The molecule has 0 fully saturated rings. The van der Waals surface area contributed by atoms with Crippen LogP contribution in [-0.2, 0) is 23.8 Å². The topological polar surface area (TPSA) is 82.1 Å². The highest BCUT2D eigenvalue weighted by atomic mass is 16.9. The summed E-state index contributed by atoms with van der Waals surface area (Å²) in [6.45, 7) is 6.88. The number of hydrogen-bond acceptors (Lipinski definition) is 5. The number of rotatable bonds is 15. The van der Waals surface area contributed by atoms with Crippen LogP contribution in [0.15, 0.2) is 0 Å². The number of Topliss-reactive ketones (excluding diaryl/α,β-unsaturated/α-hetero) is 1. The molecule has 0 rings (SSSR count). The largest absolute Gasteiger partial charge is 0.481 e. The fourth-order valence-electron chi connectivity index (χ4n) is 1.66. The average Bonchev–Trinajstić information content (AvgIpc) is 2.46. The summed E-state index contributed by atoms with van der Waals surface area (Å²) in [5, 5.41) is 8.87. The molecule has 0 radical (unpaired) electrons. The van der Waals surface area contributed by atoms with Crippen molar-refractivity contribution in [3.05, 3.63) is 0 Å². The van der Waals surface area contributed by atoms with Gasteiger partial charge in [0.25, 0.3) is 0 Å². The monoisotopic (exact) mass is 318 g/mol. The van der Waals surface area contributed by atoms with Crippen LogP contribution >= 0.6 is 0 Å². The van der Waals surface area contributed by atoms with E-state index in [4.69, 9.17) is 19.3 Å². The predicted molar refractivity (Wildman–Crippen MR) is 82.6 cm³/mol. The SMILES string of the molecule is CCCCOC(OCCCC)(OCCCC)C(=O)CC(=O)O. The Bertz CT molecular complexity index is 289. The Morgan fingerprint density at radius 2 is 1.18 bits per heavy atom. The highest BCUT2D eigenvalue weighted by Gasteiger charge is 2.43. The third-order valence-corrected chi connectivity index (χ3v) is 3.02. The molecule has 0 amide bonds. The lowest BCUT2D eigenvalue weighted by atomic mass is 10.2. The van der Waals surface area contributed by atoms with Gasteiger partial charge in [0.15, 0.2) is 0 Å². The highest BCUT2D eigenvalue weighted by Crippen LogP contribution is 2.21. The molecule has 6 heteroatoms. The molecule has 0 heterocycles. The first-order valence-corrected chi connectivity index (χ1v) is 8.19. The Kier molecular flexibility index (Phi) is 12.0. The number of carboxylic acid groups (broad SMARTS) is 1. The lowest BCUT2D eigenvalue weighted by molar-refractivity contribution is -0.354. The zero-order valence-electron chi connectivity index (χ0n) is 14.1. The van der Waals surface area contributed by atoms with E-state index in [1.165, 1.54) is 0 Å². The van der Waals surface area contributed by atoms with E-state index in [0.717, 1.165) is 38.5 Å². The van der Waals surface area contributed by atoms with Crippen molar-refractivity contribution in [1.29, 1.82) is 0 Å². The molecule has 0 saturated carbocycles. The number of carbonyl (C=O) groups excluding carboxylic acids is 1. The van der Waals surface area contributed by atoms with Gasteiger partial charge in [-0.2, -0.15) is 0 Å². The molecule has 1 N–H and O–H groups in total. The first-order chi connectivity index (χ1) is 10.5. The molecule has 6 nitrogen and oxygen atoms in total. The third kappa shape index (κ3) is 8.46. The van der Waals surface area contributed by atoms with E-state index < -0.39 is 24.1 Å². The van der Waals surface area contributed by atoms with Gasteiger partial charge in [-0.1, -0.05) is 40.0 Å². The molecule has 0 spiro atoms. The normalized spacial score (nSPS) is 11.6. The molecule has 0 atom stereocenters. The van der Waals surface area contributed by atoms with Gasteiger partial charge in [0.05, 0.1) is 19.8 Å². The van der Waals surface area contributed by atoms with Crippen molar-refractivity contribution in [1.82, 2.24) is 0 Å². The molecule has 0 unspecified atom stereocenters. The van der Waals surface area contributed by atoms with E-state index in [-0.39, 0.29) is 0 Å². The minimum Gasteiger partial charge on any atom is -0.481 e. The molecule has 0 bridgehead atoms. The lowest BCUT2D eigenvalue weighted by Crippen LogP contribution is -2.48. The summed E-state index contributed by atoms with van der Waals surface area (Å²) in [5.41, 5.74) is 0. The Hall–Kier alpha value is -0.980. The Morgan fingerprint density at radius 3 is 1.45 bits per heavy atom. The fraction of sp³-hybridized carbons (Fsp3) is 0.875. The van der Waals surface area contributed by atoms with E-state index >= 15 is 0 Å². The van der Waals surface area contributed by atoms with Crippen molar-refractivity contribution in [3.63, 3.8) is 0 Å². The van der Waals surface area contributed by atoms with Gasteiger partial charge in [-0.25, -0.2) is 0 Å². The minimum absolute atomic E-state index is 0.292. The molecule has 0 aromatic carbocycles. The fourth-order valence-corrected chi connectivity index (χ4v) is 1.66. The third-order valence-electron chi connectivity index (χ3n) is 3.02. The maximum absolute atomic E-state index is 12.3. The summed E-state index contributed by atoms with van der Waals surface area (Å²) in [5.74, 6) is -3.78. The summed E-state index contributed by atoms with van der Waals surface area (Å²) in [4.78, 5) is 23.2. The Labute approximate surface area is 133 Å². The second-order valence-corrected chi connectivity index (χ2v) is 5.16. The number of hydrogen-bond donors (Lipinski definition) is 1. The maximum Gasteiger partial charge on any atom is 0.347 e. The molecule has 0 aliphatic heterocycles. The zero-order valence-corrected chi connectivity index (χ0v) is 14.1. The second-order valence-electron chi connectivity index (χ2n) is 5.16. The summed E-state index contributed by atoms with van der Waals surface area (Å²) in [6, 6.07) is 0. The second kappa shape index (κ2) is 12.6. The molecule has 0 aromatic heterocycles. The smallest absolute Gasteiger partial charge is 0.347 e. The van der Waals surface area contributed by atoms with Gasteiger partial charge in [-0.05, 0) is 19.3 Å². The molecular formula is C16H30O6. The number of carbonyl (C=O) groups is 2. The Morgan fingerprint density at radius 1 is 0.818 bits per heavy atom. The lowest BCUT2D eigenvalue weighted by Gasteiger charge is -2.31. The van der Waals surface area contributed by atoms with Crippen molar-refractivity contribution >= 4 is 11.8 Å². The number of aliphatic carboxylic acids is 1. The van der Waals surface area contributed by atoms with Crippen molar-refractivity contribution in [2.45, 2.75) is 71.7 Å². The number of ketones is 1. The molecule has 0 aromatic rings. The van der Waals surface area contributed by atoms with Crippen LogP contribution < -0.4 is 0 Å². The number of ether oxygens (including phenoxy) is 3. The maximum atomic E-state index is 12.3. The van der Waals surface area contributed by atoms with Crippen LogP contribution in [0.25, 0.3) is 0 Å². The van der Waals surface area contributed by atoms with Gasteiger partial charge >= 0.3 is 11.9 Å². The summed E-state index contributed by atoms with van der Waals surface area (Å²) >= 11 is 0. The van der Waals surface area contributed by atoms with Crippen LogP contribution in [0.5, 0.6) is 0 Å². The van der Waals surface area contributed by atoms with Crippen LogP contribution in [0.2, 0.25) is 0 Å². The predicted octanol–water partition coefficient (Wildman–Crippen LogP) is 3.13. The van der Waals surface area contributed by atoms with E-state index in [9.17, 15) is 9.59 Å². The van der Waals surface area contributed by atoms with Gasteiger partial charge in [-0.15, -0.1) is 0 Å². The van der Waals surface area contributed by atoms with Crippen LogP contribution in [0, 0.1) is 0 Å². The zero-order chi connectivity index (χ0) is 16.8. The van der Waals surface area contributed by atoms with E-state index in [1.807, 2.05) is 20.8 Å². The summed E-state index contributed by atoms with van der Waals surface area (Å²) < 4.78 is 16.7. The Balaban J connectivity index is 4.99. The summed E-state index contributed by atoms with van der Waals surface area (Å²) in [6.07, 6.45) is 4.25. The molecular weight excluding hydrogens is 288 g/mol. The van der Waals surface area contributed by atoms with E-state index in [1.54, 1.807) is 0 Å². The highest BCUT2D eigenvalue weighted by molar-refractivity contribution is 5.98. The van der Waals surface area contributed by atoms with Crippen molar-refractivity contribution in [2.75, 3.05) is 19.8 Å². The summed E-state index contributed by atoms with van der Waals surface area (Å²) in [7, 11) is 0. The van der Waals surface area contributed by atoms with Crippen LogP contribution in [0.3, 0.4) is 0 Å². The first-order valence-electron chi connectivity index (χ1n) is 8.19. The van der Waals surface area contributed by atoms with Gasteiger partial charge in [0.2, 0.25) is 5.78 Å². The van der Waals surface area contributed by atoms with Crippen LogP contribution in [0.4, 0.5) is 0 Å². The van der Waals surface area contributed by atoms with Gasteiger partial charge in [-0.3, -0.25) is 9.59 Å². The van der Waals surface area contributed by atoms with Gasteiger partial charge in [0, 0.05) is 0 Å². The molecule has 130 valence electrons. The number of carboxylic acids is 1. The van der Waals surface area contributed by atoms with Crippen molar-refractivity contribution in [2.24, 2.45) is 0 Å². The number of unbranched alkanes of at least 4 members (excludes halogenated alkanes) is 3. The quantitative estimate of drug-likeness (QED) is 0.284. The van der Waals surface area contributed by atoms with Crippen molar-refractivity contribution < 1.29 is 28.9 Å². The average molecular weight is 318 g/mol. The van der Waals surface area contributed by atoms with Gasteiger partial charge in [0.1, 0.15) is 6.42 Å².